The Kier molecular flexibility index (Phi) is 6.68. The molecule has 0 aliphatic carbocycles. The summed E-state index contributed by atoms with van der Waals surface area (Å²) in [6.07, 6.45) is 4.70. The number of rotatable bonds is 9. The Morgan fingerprint density at radius 2 is 1.80 bits per heavy atom. The number of hydrogen-bond acceptors (Lipinski definition) is 6. The third kappa shape index (κ3) is 4.65. The highest BCUT2D eigenvalue weighted by Gasteiger charge is 2.26. The van der Waals surface area contributed by atoms with Gasteiger partial charge in [0.2, 0.25) is 11.6 Å². The number of anilines is 3. The van der Waals surface area contributed by atoms with E-state index in [2.05, 4.69) is 22.2 Å². The summed E-state index contributed by atoms with van der Waals surface area (Å²) in [6, 6.07) is 7.93. The quantitative estimate of drug-likeness (QED) is 0.539. The number of unbranched alkanes of at least 4 members (excludes halogenated alkanes) is 1. The summed E-state index contributed by atoms with van der Waals surface area (Å²) in [5.41, 5.74) is 1.93. The van der Waals surface area contributed by atoms with Crippen LogP contribution < -0.4 is 10.2 Å². The summed E-state index contributed by atoms with van der Waals surface area (Å²) in [5, 5.41) is 14.7. The van der Waals surface area contributed by atoms with E-state index in [4.69, 9.17) is 0 Å². The number of aromatic nitrogens is 2. The third-order valence-corrected chi connectivity index (χ3v) is 4.08. The van der Waals surface area contributed by atoms with E-state index in [0.29, 0.717) is 18.9 Å². The van der Waals surface area contributed by atoms with Crippen molar-refractivity contribution >= 4 is 23.0 Å². The van der Waals surface area contributed by atoms with Crippen LogP contribution in [0.3, 0.4) is 0 Å². The Bertz CT molecular complexity index is 699. The summed E-state index contributed by atoms with van der Waals surface area (Å²) >= 11 is 0. The van der Waals surface area contributed by atoms with Crippen molar-refractivity contribution in [3.8, 4) is 0 Å². The van der Waals surface area contributed by atoms with Crippen molar-refractivity contribution in [3.63, 3.8) is 0 Å². The number of benzene rings is 1. The third-order valence-electron chi connectivity index (χ3n) is 4.08. The fraction of sp³-hybridized carbons (Fsp3) is 0.444. The fourth-order valence-corrected chi connectivity index (χ4v) is 2.66. The molecular formula is C18H25N5O2. The molecule has 1 N–H and O–H groups in total. The molecule has 0 atom stereocenters. The maximum atomic E-state index is 11.6. The van der Waals surface area contributed by atoms with Gasteiger partial charge in [0, 0.05) is 18.8 Å². The molecule has 0 amide bonds. The van der Waals surface area contributed by atoms with Crippen molar-refractivity contribution in [3.05, 3.63) is 46.3 Å². The number of aryl methyl sites for hydroxylation is 1. The van der Waals surface area contributed by atoms with E-state index >= 15 is 0 Å². The monoisotopic (exact) mass is 343 g/mol. The average molecular weight is 343 g/mol. The van der Waals surface area contributed by atoms with E-state index in [1.807, 2.05) is 43.0 Å². The molecule has 7 heteroatoms. The first kappa shape index (κ1) is 18.6. The van der Waals surface area contributed by atoms with Crippen LogP contribution in [0.15, 0.2) is 30.6 Å². The molecule has 0 unspecified atom stereocenters. The zero-order valence-electron chi connectivity index (χ0n) is 15.0. The standard InChI is InChI=1S/C18H25N5O2/c1-4-7-8-14-9-11-15(12-10-14)21-17-16(23(24)25)18(20-13-19-17)22(5-2)6-3/h9-13H,4-8H2,1-3H3,(H,19,20,21). The number of nitro groups is 1. The minimum atomic E-state index is -0.425. The highest BCUT2D eigenvalue weighted by Crippen LogP contribution is 2.33. The van der Waals surface area contributed by atoms with Gasteiger partial charge in [-0.05, 0) is 44.4 Å². The molecule has 0 fully saturated rings. The number of hydrogen-bond donors (Lipinski definition) is 1. The summed E-state index contributed by atoms with van der Waals surface area (Å²) in [5.74, 6) is 0.551. The first-order chi connectivity index (χ1) is 12.1. The van der Waals surface area contributed by atoms with Crippen LogP contribution in [0.4, 0.5) is 23.0 Å². The largest absolute Gasteiger partial charge is 0.353 e. The minimum Gasteiger partial charge on any atom is -0.351 e. The van der Waals surface area contributed by atoms with E-state index in [0.717, 1.165) is 24.9 Å². The molecule has 25 heavy (non-hydrogen) atoms. The van der Waals surface area contributed by atoms with Gasteiger partial charge >= 0.3 is 5.69 Å². The Balaban J connectivity index is 2.29. The molecule has 1 aromatic heterocycles. The van der Waals surface area contributed by atoms with Crippen LogP contribution in [0.25, 0.3) is 0 Å². The van der Waals surface area contributed by atoms with Crippen LogP contribution in [0.1, 0.15) is 39.2 Å². The van der Waals surface area contributed by atoms with Gasteiger partial charge in [-0.1, -0.05) is 25.5 Å². The minimum absolute atomic E-state index is 0.0961. The van der Waals surface area contributed by atoms with Crippen LogP contribution in [0, 0.1) is 10.1 Å². The second-order valence-electron chi connectivity index (χ2n) is 5.75. The summed E-state index contributed by atoms with van der Waals surface area (Å²) in [6.45, 7) is 7.33. The second kappa shape index (κ2) is 8.96. The van der Waals surface area contributed by atoms with Crippen LogP contribution in [0.2, 0.25) is 0 Å². The van der Waals surface area contributed by atoms with Gasteiger partial charge in [-0.25, -0.2) is 9.97 Å². The summed E-state index contributed by atoms with van der Waals surface area (Å²) in [7, 11) is 0. The zero-order valence-corrected chi connectivity index (χ0v) is 15.0. The van der Waals surface area contributed by atoms with Gasteiger partial charge in [-0.2, -0.15) is 0 Å². The summed E-state index contributed by atoms with van der Waals surface area (Å²) in [4.78, 5) is 21.2. The Labute approximate surface area is 148 Å². The summed E-state index contributed by atoms with van der Waals surface area (Å²) < 4.78 is 0. The molecule has 0 aliphatic heterocycles. The SMILES string of the molecule is CCCCc1ccc(Nc2ncnc(N(CC)CC)c2[N+](=O)[O-])cc1. The Hall–Kier alpha value is -2.70. The first-order valence-electron chi connectivity index (χ1n) is 8.70. The zero-order chi connectivity index (χ0) is 18.2. The van der Waals surface area contributed by atoms with Crippen molar-refractivity contribution in [2.75, 3.05) is 23.3 Å². The smallest absolute Gasteiger partial charge is 0.351 e. The molecule has 134 valence electrons. The topological polar surface area (TPSA) is 84.2 Å². The van der Waals surface area contributed by atoms with Crippen LogP contribution >= 0.6 is 0 Å². The normalized spacial score (nSPS) is 10.5. The maximum Gasteiger partial charge on any atom is 0.353 e. The molecule has 1 aromatic carbocycles. The molecule has 0 radical (unpaired) electrons. The van der Waals surface area contributed by atoms with E-state index in [-0.39, 0.29) is 11.5 Å². The Morgan fingerprint density at radius 3 is 2.36 bits per heavy atom. The molecule has 2 aromatic rings. The highest BCUT2D eigenvalue weighted by atomic mass is 16.6. The van der Waals surface area contributed by atoms with Crippen molar-refractivity contribution in [2.24, 2.45) is 0 Å². The molecular weight excluding hydrogens is 318 g/mol. The molecule has 0 saturated carbocycles. The van der Waals surface area contributed by atoms with Gasteiger partial charge in [0.1, 0.15) is 6.33 Å². The van der Waals surface area contributed by atoms with Gasteiger partial charge in [-0.3, -0.25) is 10.1 Å². The Morgan fingerprint density at radius 1 is 1.12 bits per heavy atom. The van der Waals surface area contributed by atoms with Gasteiger partial charge in [0.15, 0.2) is 0 Å². The molecule has 2 rings (SSSR count). The highest BCUT2D eigenvalue weighted by molar-refractivity contribution is 5.74. The lowest BCUT2D eigenvalue weighted by atomic mass is 10.1. The van der Waals surface area contributed by atoms with Gasteiger partial charge < -0.3 is 10.2 Å². The van der Waals surface area contributed by atoms with Gasteiger partial charge in [0.05, 0.1) is 4.92 Å². The van der Waals surface area contributed by atoms with Crippen molar-refractivity contribution in [1.82, 2.24) is 9.97 Å². The van der Waals surface area contributed by atoms with Crippen molar-refractivity contribution in [2.45, 2.75) is 40.0 Å². The van der Waals surface area contributed by atoms with Gasteiger partial charge in [0.25, 0.3) is 0 Å². The number of nitrogens with zero attached hydrogens (tertiary/aromatic N) is 4. The molecule has 0 aliphatic rings. The van der Waals surface area contributed by atoms with Crippen molar-refractivity contribution < 1.29 is 4.92 Å². The fourth-order valence-electron chi connectivity index (χ4n) is 2.66. The molecule has 1 heterocycles. The van der Waals surface area contributed by atoms with Crippen LogP contribution in [0.5, 0.6) is 0 Å². The van der Waals surface area contributed by atoms with E-state index in [1.54, 1.807) is 0 Å². The van der Waals surface area contributed by atoms with E-state index < -0.39 is 4.92 Å². The average Bonchev–Trinajstić information content (AvgIpc) is 2.62. The van der Waals surface area contributed by atoms with Gasteiger partial charge in [-0.15, -0.1) is 0 Å². The maximum absolute atomic E-state index is 11.6. The lowest BCUT2D eigenvalue weighted by molar-refractivity contribution is -0.383. The molecule has 0 bridgehead atoms. The van der Waals surface area contributed by atoms with Crippen LogP contribution in [-0.4, -0.2) is 28.0 Å². The lowest BCUT2D eigenvalue weighted by Crippen LogP contribution is -2.24. The van der Waals surface area contributed by atoms with E-state index in [1.165, 1.54) is 11.9 Å². The molecule has 0 spiro atoms. The molecule has 0 saturated heterocycles. The predicted molar refractivity (Wildman–Crippen MR) is 101 cm³/mol. The number of nitrogens with one attached hydrogen (secondary N) is 1. The van der Waals surface area contributed by atoms with Crippen molar-refractivity contribution in [1.29, 1.82) is 0 Å². The molecule has 7 nitrogen and oxygen atoms in total. The first-order valence-corrected chi connectivity index (χ1v) is 8.70. The predicted octanol–water partition coefficient (Wildman–Crippen LogP) is 4.32. The second-order valence-corrected chi connectivity index (χ2v) is 5.75. The lowest BCUT2D eigenvalue weighted by Gasteiger charge is -2.20. The van der Waals surface area contributed by atoms with Crippen LogP contribution in [-0.2, 0) is 6.42 Å². The van der Waals surface area contributed by atoms with E-state index in [9.17, 15) is 10.1 Å².